The monoisotopic (exact) mass is 818 g/mol. The summed E-state index contributed by atoms with van der Waals surface area (Å²) in [6.07, 6.45) is 4.65. The van der Waals surface area contributed by atoms with Gasteiger partial charge in [-0.05, 0) is 152 Å². The molecule has 0 saturated heterocycles. The molecule has 0 N–H and O–H groups in total. The first-order chi connectivity index (χ1) is 28.4. The van der Waals surface area contributed by atoms with E-state index in [0.717, 1.165) is 12.8 Å². The highest BCUT2D eigenvalue weighted by Crippen LogP contribution is 2.62. The van der Waals surface area contributed by atoms with Gasteiger partial charge < -0.3 is 9.80 Å². The summed E-state index contributed by atoms with van der Waals surface area (Å²) in [7, 11) is 0. The van der Waals surface area contributed by atoms with Gasteiger partial charge in [-0.1, -0.05) is 138 Å². The summed E-state index contributed by atoms with van der Waals surface area (Å²) in [4.78, 5) is 5.45. The summed E-state index contributed by atoms with van der Waals surface area (Å²) in [6.45, 7) is 36.3. The molecule has 1 unspecified atom stereocenters. The molecule has 1 aromatic heterocycles. The molecule has 310 valence electrons. The Morgan fingerprint density at radius 2 is 1.23 bits per heavy atom. The Morgan fingerprint density at radius 1 is 0.590 bits per heavy atom. The van der Waals surface area contributed by atoms with Crippen LogP contribution in [0.2, 0.25) is 0 Å². The SMILES string of the molecule is Cc1ccc2sc3c(c2c1)B1c2c#cc4c5c2N(c2cc6c(cc2C5(C)CCC4(C)C)C(C)(C)CCC6(C)C)c2cc(C(C)(C)C)cc(c21)N3c1ccc(C(C)(C)C)cc1C. The van der Waals surface area contributed by atoms with E-state index >= 15 is 0 Å². The third kappa shape index (κ3) is 5.23. The minimum absolute atomic E-state index is 0.00479. The maximum absolute atomic E-state index is 4.06. The molecule has 4 heterocycles. The number of hydrogen-bond acceptors (Lipinski definition) is 3. The number of fused-ring (bicyclic) bond motifs is 10. The van der Waals surface area contributed by atoms with Gasteiger partial charge in [-0.15, -0.1) is 11.3 Å². The van der Waals surface area contributed by atoms with E-state index in [-0.39, 0.29) is 39.2 Å². The molecule has 5 aliphatic rings. The van der Waals surface area contributed by atoms with Gasteiger partial charge in [0.25, 0.3) is 6.71 Å². The van der Waals surface area contributed by atoms with Gasteiger partial charge in [-0.2, -0.15) is 0 Å². The molecule has 61 heavy (non-hydrogen) atoms. The molecule has 6 aromatic rings. The van der Waals surface area contributed by atoms with Crippen LogP contribution in [0.15, 0.2) is 60.7 Å². The highest BCUT2D eigenvalue weighted by molar-refractivity contribution is 7.26. The number of hydrogen-bond donors (Lipinski definition) is 0. The number of nitrogens with zero attached hydrogens (tertiary/aromatic N) is 2. The number of rotatable bonds is 1. The molecule has 11 rings (SSSR count). The van der Waals surface area contributed by atoms with Gasteiger partial charge >= 0.3 is 0 Å². The molecule has 0 radical (unpaired) electrons. The zero-order valence-corrected chi connectivity index (χ0v) is 40.3. The molecule has 3 aliphatic heterocycles. The Kier molecular flexibility index (Phi) is 7.72. The number of benzene rings is 4. The molecule has 0 bridgehead atoms. The minimum atomic E-state index is -0.149. The van der Waals surface area contributed by atoms with Crippen LogP contribution in [-0.4, -0.2) is 6.71 Å². The first-order valence-corrected chi connectivity index (χ1v) is 23.9. The number of thiophene rings is 1. The van der Waals surface area contributed by atoms with Gasteiger partial charge in [-0.25, -0.2) is 0 Å². The van der Waals surface area contributed by atoms with Crippen molar-refractivity contribution in [2.45, 2.75) is 162 Å². The minimum Gasteiger partial charge on any atom is -0.310 e. The van der Waals surface area contributed by atoms with Gasteiger partial charge in [-0.3, -0.25) is 0 Å². The number of aryl methyl sites for hydroxylation is 2. The largest absolute Gasteiger partial charge is 0.310 e. The average Bonchev–Trinajstić information content (AvgIpc) is 3.55. The molecule has 0 fully saturated rings. The summed E-state index contributed by atoms with van der Waals surface area (Å²) in [5.41, 5.74) is 23.6. The van der Waals surface area contributed by atoms with Crippen molar-refractivity contribution in [3.05, 3.63) is 123 Å². The van der Waals surface area contributed by atoms with Crippen molar-refractivity contribution in [1.29, 1.82) is 0 Å². The van der Waals surface area contributed by atoms with E-state index in [1.807, 2.05) is 11.3 Å². The zero-order valence-electron chi connectivity index (χ0n) is 39.5. The van der Waals surface area contributed by atoms with Crippen molar-refractivity contribution in [2.24, 2.45) is 0 Å². The molecule has 0 spiro atoms. The lowest BCUT2D eigenvalue weighted by molar-refractivity contribution is 0.327. The van der Waals surface area contributed by atoms with Crippen molar-refractivity contribution in [2.75, 3.05) is 9.80 Å². The Balaban J connectivity index is 1.32. The van der Waals surface area contributed by atoms with Crippen molar-refractivity contribution in [3.8, 4) is 0 Å². The maximum Gasteiger partial charge on any atom is 0.264 e. The lowest BCUT2D eigenvalue weighted by atomic mass is 9.33. The van der Waals surface area contributed by atoms with Crippen molar-refractivity contribution >= 4 is 78.0 Å². The van der Waals surface area contributed by atoms with Gasteiger partial charge in [0, 0.05) is 38.2 Å². The van der Waals surface area contributed by atoms with E-state index in [1.165, 1.54) is 117 Å². The van der Waals surface area contributed by atoms with Gasteiger partial charge in [0.2, 0.25) is 0 Å². The standard InChI is InChI=1S/C57H63BN2S/c1-32-16-21-46-36(26-32)48-51(61-46)60(42-20-17-34(27-33(42)2)52(3,4)5)45-29-35(53(6,7)8)28-44-49(45)58(48)41-19-18-37-47-50(41)59(44)43-31-39-38(55(11,12)22-23-56(39,13)14)30-40(43)57(47,15)25-24-54(37,9)10/h16-17,20-21,26-31H,22-25H2,1-15H3. The highest BCUT2D eigenvalue weighted by Gasteiger charge is 2.55. The van der Waals surface area contributed by atoms with Crippen molar-refractivity contribution in [1.82, 2.24) is 0 Å². The van der Waals surface area contributed by atoms with E-state index < -0.39 is 0 Å². The Labute approximate surface area is 370 Å². The molecule has 5 aromatic carbocycles. The Bertz CT molecular complexity index is 2920. The number of anilines is 6. The molecule has 0 saturated carbocycles. The van der Waals surface area contributed by atoms with E-state index in [4.69, 9.17) is 0 Å². The molecule has 2 aliphatic carbocycles. The second-order valence-electron chi connectivity index (χ2n) is 24.0. The normalized spacial score (nSPS) is 21.0. The van der Waals surface area contributed by atoms with Crippen LogP contribution in [0.5, 0.6) is 0 Å². The summed E-state index contributed by atoms with van der Waals surface area (Å²) >= 11 is 1.97. The predicted octanol–water partition coefficient (Wildman–Crippen LogP) is 13.8. The fourth-order valence-electron chi connectivity index (χ4n) is 12.2. The fraction of sp³-hybridized carbons (Fsp3) is 0.439. The van der Waals surface area contributed by atoms with Crippen LogP contribution >= 0.6 is 11.3 Å². The molecular weight excluding hydrogens is 756 g/mol. The van der Waals surface area contributed by atoms with E-state index in [2.05, 4.69) is 186 Å². The van der Waals surface area contributed by atoms with Crippen LogP contribution in [0, 0.1) is 26.0 Å². The third-order valence-electron chi connectivity index (χ3n) is 16.3. The van der Waals surface area contributed by atoms with Gasteiger partial charge in [0.1, 0.15) is 0 Å². The van der Waals surface area contributed by atoms with Crippen molar-refractivity contribution < 1.29 is 0 Å². The summed E-state index contributed by atoms with van der Waals surface area (Å²) < 4.78 is 1.35. The van der Waals surface area contributed by atoms with Crippen LogP contribution in [0.25, 0.3) is 10.1 Å². The van der Waals surface area contributed by atoms with Gasteiger partial charge in [0.05, 0.1) is 16.4 Å². The fourth-order valence-corrected chi connectivity index (χ4v) is 13.5. The summed E-state index contributed by atoms with van der Waals surface area (Å²) in [6, 6.07) is 33.0. The van der Waals surface area contributed by atoms with Gasteiger partial charge in [0.15, 0.2) is 0 Å². The lowest BCUT2D eigenvalue weighted by Gasteiger charge is -2.54. The Morgan fingerprint density at radius 3 is 1.89 bits per heavy atom. The highest BCUT2D eigenvalue weighted by atomic mass is 32.1. The molecular formula is C57H63BN2S. The third-order valence-corrected chi connectivity index (χ3v) is 17.5. The van der Waals surface area contributed by atoms with Crippen LogP contribution in [0.1, 0.15) is 166 Å². The smallest absolute Gasteiger partial charge is 0.264 e. The van der Waals surface area contributed by atoms with Crippen LogP contribution in [0.4, 0.5) is 33.4 Å². The summed E-state index contributed by atoms with van der Waals surface area (Å²) in [5, 5.41) is 2.71. The predicted molar refractivity (Wildman–Crippen MR) is 264 cm³/mol. The van der Waals surface area contributed by atoms with Crippen LogP contribution in [0.3, 0.4) is 0 Å². The first-order valence-electron chi connectivity index (χ1n) is 23.1. The van der Waals surface area contributed by atoms with Crippen LogP contribution < -0.4 is 26.2 Å². The first kappa shape index (κ1) is 39.4. The molecule has 1 atom stereocenters. The van der Waals surface area contributed by atoms with E-state index in [0.29, 0.717) is 0 Å². The molecule has 0 amide bonds. The lowest BCUT2D eigenvalue weighted by Crippen LogP contribution is -2.62. The second kappa shape index (κ2) is 12.0. The van der Waals surface area contributed by atoms with E-state index in [1.54, 1.807) is 5.56 Å². The van der Waals surface area contributed by atoms with E-state index in [9.17, 15) is 0 Å². The Hall–Kier alpha value is -4.46. The maximum atomic E-state index is 4.06. The average molecular weight is 819 g/mol. The summed E-state index contributed by atoms with van der Waals surface area (Å²) in [5.74, 6) is 0. The van der Waals surface area contributed by atoms with Crippen LogP contribution in [-0.2, 0) is 32.5 Å². The van der Waals surface area contributed by atoms with Crippen molar-refractivity contribution in [3.63, 3.8) is 0 Å². The zero-order chi connectivity index (χ0) is 43.3. The second-order valence-corrected chi connectivity index (χ2v) is 25.0. The molecule has 4 heteroatoms. The quantitative estimate of drug-likeness (QED) is 0.152. The molecule has 2 nitrogen and oxygen atoms in total. The topological polar surface area (TPSA) is 6.48 Å².